The van der Waals surface area contributed by atoms with E-state index in [9.17, 15) is 8.42 Å². The van der Waals surface area contributed by atoms with Gasteiger partial charge in [-0.25, -0.2) is 8.42 Å². The van der Waals surface area contributed by atoms with E-state index in [4.69, 9.17) is 10.5 Å². The summed E-state index contributed by atoms with van der Waals surface area (Å²) in [6.07, 6.45) is 2.31. The van der Waals surface area contributed by atoms with E-state index in [1.807, 2.05) is 25.1 Å². The Bertz CT molecular complexity index is 574. The van der Waals surface area contributed by atoms with Crippen LogP contribution >= 0.6 is 15.9 Å². The molecule has 1 heterocycles. The van der Waals surface area contributed by atoms with Crippen LogP contribution in [-0.2, 0) is 9.84 Å². The molecule has 2 unspecified atom stereocenters. The monoisotopic (exact) mass is 361 g/mol. The summed E-state index contributed by atoms with van der Waals surface area (Å²) in [7, 11) is -3.09. The molecule has 1 aliphatic heterocycles. The van der Waals surface area contributed by atoms with Crippen LogP contribution in [0.1, 0.15) is 37.8 Å². The minimum Gasteiger partial charge on any atom is -0.494 e. The normalized spacial score (nSPS) is 23.2. The van der Waals surface area contributed by atoms with Gasteiger partial charge in [-0.15, -0.1) is 0 Å². The summed E-state index contributed by atoms with van der Waals surface area (Å²) in [5.41, 5.74) is 7.04. The van der Waals surface area contributed by atoms with Gasteiger partial charge in [-0.1, -0.05) is 28.4 Å². The molecule has 0 saturated carbocycles. The van der Waals surface area contributed by atoms with E-state index in [-0.39, 0.29) is 5.75 Å². The fourth-order valence-corrected chi connectivity index (χ4v) is 5.27. The van der Waals surface area contributed by atoms with E-state index >= 15 is 0 Å². The molecule has 6 heteroatoms. The number of ether oxygens (including phenoxy) is 1. The third kappa shape index (κ3) is 3.35. The van der Waals surface area contributed by atoms with Gasteiger partial charge in [0.2, 0.25) is 0 Å². The van der Waals surface area contributed by atoms with E-state index in [1.165, 1.54) is 0 Å². The topological polar surface area (TPSA) is 69.4 Å². The standard InChI is InChI=1S/C14H20BrNO3S/c1-2-19-10-6-7-11(12(15)9-10)14(16)13-5-3-4-8-20(13,17)18/h6-7,9,13-14H,2-5,8,16H2,1H3. The number of sulfone groups is 1. The highest BCUT2D eigenvalue weighted by Crippen LogP contribution is 2.34. The molecule has 112 valence electrons. The Labute approximate surface area is 128 Å². The molecule has 2 rings (SSSR count). The second-order valence-electron chi connectivity index (χ2n) is 5.04. The molecule has 2 N–H and O–H groups in total. The maximum absolute atomic E-state index is 12.2. The van der Waals surface area contributed by atoms with E-state index in [0.717, 1.165) is 28.6 Å². The van der Waals surface area contributed by atoms with Crippen LogP contribution in [0.3, 0.4) is 0 Å². The molecule has 1 aromatic rings. The summed E-state index contributed by atoms with van der Waals surface area (Å²) < 4.78 is 30.5. The number of halogens is 1. The van der Waals surface area contributed by atoms with Crippen molar-refractivity contribution in [3.8, 4) is 5.75 Å². The fourth-order valence-electron chi connectivity index (χ4n) is 2.62. The summed E-state index contributed by atoms with van der Waals surface area (Å²) in [5, 5.41) is -0.481. The zero-order valence-corrected chi connectivity index (χ0v) is 13.9. The van der Waals surface area contributed by atoms with Crippen LogP contribution in [-0.4, -0.2) is 26.0 Å². The lowest BCUT2D eigenvalue weighted by molar-refractivity contribution is 0.340. The lowest BCUT2D eigenvalue weighted by atomic mass is 10.0. The van der Waals surface area contributed by atoms with Crippen LogP contribution in [0.4, 0.5) is 0 Å². The first-order valence-corrected chi connectivity index (χ1v) is 9.36. The fraction of sp³-hybridized carbons (Fsp3) is 0.571. The Morgan fingerprint density at radius 1 is 1.45 bits per heavy atom. The van der Waals surface area contributed by atoms with Crippen LogP contribution in [0.5, 0.6) is 5.75 Å². The number of rotatable bonds is 4. The van der Waals surface area contributed by atoms with Gasteiger partial charge in [-0.2, -0.15) is 0 Å². The van der Waals surface area contributed by atoms with Crippen molar-refractivity contribution >= 4 is 25.8 Å². The van der Waals surface area contributed by atoms with Gasteiger partial charge >= 0.3 is 0 Å². The molecule has 1 fully saturated rings. The lowest BCUT2D eigenvalue weighted by Crippen LogP contribution is -2.38. The van der Waals surface area contributed by atoms with Gasteiger partial charge in [-0.3, -0.25) is 0 Å². The second-order valence-corrected chi connectivity index (χ2v) is 8.24. The molecule has 2 atom stereocenters. The number of hydrogen-bond acceptors (Lipinski definition) is 4. The first-order valence-electron chi connectivity index (χ1n) is 6.85. The van der Waals surface area contributed by atoms with E-state index in [2.05, 4.69) is 15.9 Å². The first kappa shape index (κ1) is 15.8. The molecule has 20 heavy (non-hydrogen) atoms. The molecule has 0 bridgehead atoms. The highest BCUT2D eigenvalue weighted by atomic mass is 79.9. The Hall–Kier alpha value is -0.590. The first-order chi connectivity index (χ1) is 9.45. The van der Waals surface area contributed by atoms with Gasteiger partial charge < -0.3 is 10.5 Å². The number of hydrogen-bond donors (Lipinski definition) is 1. The minimum atomic E-state index is -3.09. The Balaban J connectivity index is 2.26. The number of nitrogens with two attached hydrogens (primary N) is 1. The molecule has 0 aromatic heterocycles. The molecular formula is C14H20BrNO3S. The van der Waals surface area contributed by atoms with Gasteiger partial charge in [-0.05, 0) is 37.5 Å². The predicted octanol–water partition coefficient (Wildman–Crippen LogP) is 2.81. The van der Waals surface area contributed by atoms with Crippen molar-refractivity contribution in [2.75, 3.05) is 12.4 Å². The summed E-state index contributed by atoms with van der Waals surface area (Å²) in [6, 6.07) is 5.03. The van der Waals surface area contributed by atoms with Crippen LogP contribution in [0.25, 0.3) is 0 Å². The molecule has 0 aliphatic carbocycles. The van der Waals surface area contributed by atoms with Gasteiger partial charge in [0.25, 0.3) is 0 Å². The third-order valence-electron chi connectivity index (χ3n) is 3.67. The quantitative estimate of drug-likeness (QED) is 0.894. The highest BCUT2D eigenvalue weighted by Gasteiger charge is 2.35. The van der Waals surface area contributed by atoms with Crippen molar-refractivity contribution < 1.29 is 13.2 Å². The Morgan fingerprint density at radius 2 is 2.20 bits per heavy atom. The molecule has 4 nitrogen and oxygen atoms in total. The van der Waals surface area contributed by atoms with Crippen LogP contribution in [0, 0.1) is 0 Å². The second kappa shape index (κ2) is 6.45. The molecule has 0 radical (unpaired) electrons. The minimum absolute atomic E-state index is 0.250. The van der Waals surface area contributed by atoms with Gasteiger partial charge in [0.05, 0.1) is 17.6 Å². The SMILES string of the molecule is CCOc1ccc(C(N)C2CCCCS2(=O)=O)c(Br)c1. The average Bonchev–Trinajstić information content (AvgIpc) is 2.38. The van der Waals surface area contributed by atoms with Crippen LogP contribution < -0.4 is 10.5 Å². The predicted molar refractivity (Wildman–Crippen MR) is 83.7 cm³/mol. The maximum atomic E-state index is 12.2. The molecule has 0 amide bonds. The number of benzene rings is 1. The highest BCUT2D eigenvalue weighted by molar-refractivity contribution is 9.10. The zero-order chi connectivity index (χ0) is 14.8. The van der Waals surface area contributed by atoms with Crippen molar-refractivity contribution in [2.24, 2.45) is 5.73 Å². The van der Waals surface area contributed by atoms with Gasteiger partial charge in [0, 0.05) is 10.5 Å². The maximum Gasteiger partial charge on any atom is 0.155 e. The van der Waals surface area contributed by atoms with Crippen molar-refractivity contribution in [1.82, 2.24) is 0 Å². The molecule has 1 saturated heterocycles. The smallest absolute Gasteiger partial charge is 0.155 e. The van der Waals surface area contributed by atoms with Crippen molar-refractivity contribution in [3.05, 3.63) is 28.2 Å². The van der Waals surface area contributed by atoms with E-state index < -0.39 is 21.1 Å². The van der Waals surface area contributed by atoms with Gasteiger partial charge in [0.1, 0.15) is 5.75 Å². The van der Waals surface area contributed by atoms with Crippen molar-refractivity contribution in [1.29, 1.82) is 0 Å². The van der Waals surface area contributed by atoms with Crippen LogP contribution in [0.2, 0.25) is 0 Å². The Kier molecular flexibility index (Phi) is 5.09. The average molecular weight is 362 g/mol. The summed E-state index contributed by atoms with van der Waals surface area (Å²) in [6.45, 7) is 2.51. The third-order valence-corrected chi connectivity index (χ3v) is 6.67. The summed E-state index contributed by atoms with van der Waals surface area (Å²) in [4.78, 5) is 0. The summed E-state index contributed by atoms with van der Waals surface area (Å²) in [5.74, 6) is 1.00. The zero-order valence-electron chi connectivity index (χ0n) is 11.5. The molecule has 1 aliphatic rings. The molecule has 1 aromatic carbocycles. The van der Waals surface area contributed by atoms with E-state index in [1.54, 1.807) is 0 Å². The largest absolute Gasteiger partial charge is 0.494 e. The van der Waals surface area contributed by atoms with E-state index in [0.29, 0.717) is 13.0 Å². The lowest BCUT2D eigenvalue weighted by Gasteiger charge is -2.28. The van der Waals surface area contributed by atoms with Crippen molar-refractivity contribution in [3.63, 3.8) is 0 Å². The van der Waals surface area contributed by atoms with Crippen molar-refractivity contribution in [2.45, 2.75) is 37.5 Å². The summed E-state index contributed by atoms with van der Waals surface area (Å²) >= 11 is 3.47. The van der Waals surface area contributed by atoms with Crippen LogP contribution in [0.15, 0.2) is 22.7 Å². The Morgan fingerprint density at radius 3 is 2.80 bits per heavy atom. The molecule has 0 spiro atoms. The van der Waals surface area contributed by atoms with Gasteiger partial charge in [0.15, 0.2) is 9.84 Å². The molecular weight excluding hydrogens is 342 g/mol.